The molecule has 12 nitrogen and oxygen atoms in total. The van der Waals surface area contributed by atoms with Gasteiger partial charge < -0.3 is 25.6 Å². The first-order valence-corrected chi connectivity index (χ1v) is 16.4. The number of rotatable bonds is 7. The molecule has 0 bridgehead atoms. The van der Waals surface area contributed by atoms with Crippen molar-refractivity contribution in [2.24, 2.45) is 7.05 Å². The predicted molar refractivity (Wildman–Crippen MR) is 171 cm³/mol. The van der Waals surface area contributed by atoms with Gasteiger partial charge in [0, 0.05) is 61.9 Å². The Kier molecular flexibility index (Phi) is 10.2. The van der Waals surface area contributed by atoms with Gasteiger partial charge in [-0.25, -0.2) is 22.6 Å². The lowest BCUT2D eigenvalue weighted by atomic mass is 9.76. The summed E-state index contributed by atoms with van der Waals surface area (Å²) in [6.45, 7) is 0.727. The van der Waals surface area contributed by atoms with E-state index in [9.17, 15) is 31.2 Å². The Balaban J connectivity index is 0.000000606. The molecular weight excluding hydrogens is 668 g/mol. The number of hydrogen-bond donors (Lipinski definition) is 4. The summed E-state index contributed by atoms with van der Waals surface area (Å²) in [6.07, 6.45) is -1.19. The number of fused-ring (bicyclic) bond motifs is 3. The number of sulfonamides is 1. The smallest absolute Gasteiger partial charge is 0.475 e. The second-order valence-electron chi connectivity index (χ2n) is 11.5. The summed E-state index contributed by atoms with van der Waals surface area (Å²) in [5.74, 6) is -2.09. The molecule has 6 rings (SSSR count). The molecule has 3 atom stereocenters. The first-order valence-electron chi connectivity index (χ1n) is 15.0. The molecule has 49 heavy (non-hydrogen) atoms. The van der Waals surface area contributed by atoms with Crippen LogP contribution in [0.25, 0.3) is 0 Å². The largest absolute Gasteiger partial charge is 0.490 e. The highest BCUT2D eigenvalue weighted by Gasteiger charge is 2.41. The van der Waals surface area contributed by atoms with Crippen LogP contribution in [0.5, 0.6) is 0 Å². The maximum Gasteiger partial charge on any atom is 0.490 e. The highest BCUT2D eigenvalue weighted by atomic mass is 32.2. The van der Waals surface area contributed by atoms with Crippen LogP contribution in [-0.2, 0) is 28.4 Å². The molecular formula is C32H32F4N8O4S. The topological polar surface area (TPSA) is 165 Å². The van der Waals surface area contributed by atoms with Gasteiger partial charge in [-0.3, -0.25) is 0 Å². The van der Waals surface area contributed by atoms with Gasteiger partial charge in [0.15, 0.2) is 0 Å². The Labute approximate surface area is 279 Å². The molecule has 3 unspecified atom stereocenters. The number of hydrogen-bond acceptors (Lipinski definition) is 9. The first-order chi connectivity index (χ1) is 23.2. The Bertz CT molecular complexity index is 1960. The minimum Gasteiger partial charge on any atom is -0.475 e. The molecule has 1 fully saturated rings. The van der Waals surface area contributed by atoms with Gasteiger partial charge >= 0.3 is 12.1 Å². The van der Waals surface area contributed by atoms with Gasteiger partial charge in [-0.1, -0.05) is 0 Å². The lowest BCUT2D eigenvalue weighted by Gasteiger charge is -2.42. The number of halogens is 4. The Morgan fingerprint density at radius 1 is 1.08 bits per heavy atom. The molecule has 4 aromatic rings. The van der Waals surface area contributed by atoms with Crippen molar-refractivity contribution >= 4 is 39.1 Å². The molecule has 17 heteroatoms. The molecule has 258 valence electrons. The van der Waals surface area contributed by atoms with Crippen LogP contribution in [0.1, 0.15) is 42.1 Å². The minimum absolute atomic E-state index is 0.136. The summed E-state index contributed by atoms with van der Waals surface area (Å²) in [7, 11) is -0.164. The molecule has 0 radical (unpaired) electrons. The summed E-state index contributed by atoms with van der Waals surface area (Å²) in [5, 5.41) is 26.4. The van der Waals surface area contributed by atoms with Gasteiger partial charge in [-0.05, 0) is 85.5 Å². The van der Waals surface area contributed by atoms with E-state index in [1.807, 2.05) is 17.7 Å². The van der Waals surface area contributed by atoms with Gasteiger partial charge in [0.05, 0.1) is 4.90 Å². The Morgan fingerprint density at radius 3 is 2.35 bits per heavy atom. The van der Waals surface area contributed by atoms with Crippen LogP contribution in [0.4, 0.5) is 40.7 Å². The van der Waals surface area contributed by atoms with E-state index in [0.29, 0.717) is 35.3 Å². The van der Waals surface area contributed by atoms with Crippen LogP contribution in [0.15, 0.2) is 71.8 Å². The van der Waals surface area contributed by atoms with Crippen LogP contribution in [0.2, 0.25) is 0 Å². The van der Waals surface area contributed by atoms with Crippen molar-refractivity contribution in [3.63, 3.8) is 0 Å². The number of carbonyl (C=O) groups is 1. The maximum absolute atomic E-state index is 13.6. The maximum atomic E-state index is 13.6. The van der Waals surface area contributed by atoms with Crippen molar-refractivity contribution in [3.8, 4) is 6.07 Å². The molecule has 1 saturated carbocycles. The Hall–Kier alpha value is -5.05. The van der Waals surface area contributed by atoms with E-state index >= 15 is 0 Å². The molecule has 2 aromatic heterocycles. The number of carboxylic acids is 1. The van der Waals surface area contributed by atoms with Gasteiger partial charge in [0.25, 0.3) is 0 Å². The molecule has 0 saturated heterocycles. The van der Waals surface area contributed by atoms with Gasteiger partial charge in [0.1, 0.15) is 23.4 Å². The number of carboxylic acid groups (broad SMARTS) is 1. The van der Waals surface area contributed by atoms with Crippen molar-refractivity contribution in [1.82, 2.24) is 24.2 Å². The number of benzene rings is 2. The van der Waals surface area contributed by atoms with E-state index in [0.717, 1.165) is 30.6 Å². The lowest BCUT2D eigenvalue weighted by Crippen LogP contribution is -2.49. The SMILES string of the molecule is CN(C1CCC2NCc3cc(C#N)n(C)c3C2C1)S(=O)(=O)c1ccc(Nc2nccc(Nc3ccc(F)cc3)n2)cc1.O=C(O)C(F)(F)F. The zero-order valence-corrected chi connectivity index (χ0v) is 27.1. The zero-order chi connectivity index (χ0) is 35.5. The number of nitrogens with one attached hydrogen (secondary N) is 3. The average molecular weight is 701 g/mol. The van der Waals surface area contributed by atoms with Gasteiger partial charge in [0.2, 0.25) is 16.0 Å². The highest BCUT2D eigenvalue weighted by molar-refractivity contribution is 7.89. The van der Waals surface area contributed by atoms with Crippen molar-refractivity contribution in [1.29, 1.82) is 5.26 Å². The molecule has 4 N–H and O–H groups in total. The third kappa shape index (κ3) is 7.99. The van der Waals surface area contributed by atoms with Crippen LogP contribution >= 0.6 is 0 Å². The van der Waals surface area contributed by atoms with Crippen LogP contribution < -0.4 is 16.0 Å². The van der Waals surface area contributed by atoms with E-state index in [1.165, 1.54) is 16.4 Å². The highest BCUT2D eigenvalue weighted by Crippen LogP contribution is 2.41. The molecule has 2 aromatic carbocycles. The normalized spacial score (nSPS) is 18.7. The van der Waals surface area contributed by atoms with Crippen molar-refractivity contribution in [2.75, 3.05) is 17.7 Å². The number of aliphatic carboxylic acids is 1. The fourth-order valence-electron chi connectivity index (χ4n) is 6.05. The number of nitriles is 1. The van der Waals surface area contributed by atoms with Gasteiger partial charge in [-0.15, -0.1) is 0 Å². The summed E-state index contributed by atoms with van der Waals surface area (Å²) in [5.41, 5.74) is 4.20. The van der Waals surface area contributed by atoms with E-state index in [2.05, 4.69) is 32.0 Å². The summed E-state index contributed by atoms with van der Waals surface area (Å²) in [4.78, 5) is 17.8. The zero-order valence-electron chi connectivity index (χ0n) is 26.2. The molecule has 0 amide bonds. The van der Waals surface area contributed by atoms with Crippen molar-refractivity contribution < 1.29 is 35.9 Å². The molecule has 2 aliphatic rings. The average Bonchev–Trinajstić information content (AvgIpc) is 3.41. The number of aromatic nitrogens is 3. The first kappa shape index (κ1) is 35.3. The van der Waals surface area contributed by atoms with E-state index in [-0.39, 0.29) is 28.7 Å². The standard InChI is InChI=1S/C30H31FN8O2S.C2HF3O2/c1-38-24(17-32)15-19-18-34-27-12-9-23(16-26(27)29(19)38)39(2)42(40,41)25-10-7-22(8-11-25)36-30-33-14-13-28(37-30)35-21-5-3-20(31)4-6-21;3-2(4,5)1(6)7/h3-8,10-11,13-15,23,26-27,34H,9,12,16,18H2,1-2H3,(H2,33,35,36,37);(H,6,7). The second-order valence-corrected chi connectivity index (χ2v) is 13.5. The Morgan fingerprint density at radius 2 is 1.71 bits per heavy atom. The van der Waals surface area contributed by atoms with E-state index in [4.69, 9.17) is 9.90 Å². The van der Waals surface area contributed by atoms with E-state index < -0.39 is 22.2 Å². The summed E-state index contributed by atoms with van der Waals surface area (Å²) >= 11 is 0. The molecule has 1 aliphatic carbocycles. The fraction of sp³-hybridized carbons (Fsp3) is 0.312. The minimum atomic E-state index is -5.08. The van der Waals surface area contributed by atoms with Crippen LogP contribution in [-0.4, -0.2) is 63.6 Å². The van der Waals surface area contributed by atoms with E-state index in [1.54, 1.807) is 55.7 Å². The molecule has 3 heterocycles. The third-order valence-electron chi connectivity index (χ3n) is 8.52. The summed E-state index contributed by atoms with van der Waals surface area (Å²) < 4.78 is 75.7. The molecule has 1 aliphatic heterocycles. The third-order valence-corrected chi connectivity index (χ3v) is 10.4. The predicted octanol–water partition coefficient (Wildman–Crippen LogP) is 5.37. The summed E-state index contributed by atoms with van der Waals surface area (Å²) in [6, 6.07) is 18.5. The number of alkyl halides is 3. The van der Waals surface area contributed by atoms with Crippen LogP contribution in [0.3, 0.4) is 0 Å². The molecule has 0 spiro atoms. The lowest BCUT2D eigenvalue weighted by molar-refractivity contribution is -0.192. The number of anilines is 4. The van der Waals surface area contributed by atoms with Crippen LogP contribution in [0, 0.1) is 17.1 Å². The van der Waals surface area contributed by atoms with Crippen molar-refractivity contribution in [3.05, 3.63) is 89.6 Å². The fourth-order valence-corrected chi connectivity index (χ4v) is 7.45. The quantitative estimate of drug-likeness (QED) is 0.184. The second kappa shape index (κ2) is 14.2. The monoisotopic (exact) mass is 700 g/mol. The van der Waals surface area contributed by atoms with Crippen molar-refractivity contribution in [2.45, 2.75) is 54.9 Å². The van der Waals surface area contributed by atoms with Gasteiger partial charge in [-0.2, -0.15) is 27.7 Å². The number of nitrogens with zero attached hydrogens (tertiary/aromatic N) is 5.